The lowest BCUT2D eigenvalue weighted by atomic mass is 10.3. The van der Waals surface area contributed by atoms with Gasteiger partial charge >= 0.3 is 0 Å². The number of nitrogens with zero attached hydrogens (tertiary/aromatic N) is 4. The molecule has 1 aromatic carbocycles. The van der Waals surface area contributed by atoms with E-state index >= 15 is 0 Å². The zero-order valence-corrected chi connectivity index (χ0v) is 15.3. The summed E-state index contributed by atoms with van der Waals surface area (Å²) >= 11 is 4.63. The highest BCUT2D eigenvalue weighted by atomic mass is 79.9. The number of carbonyl (C=O) groups is 1. The van der Waals surface area contributed by atoms with E-state index in [0.29, 0.717) is 24.1 Å². The standard InChI is InChI=1S/C14H18BrN5O2S/c1-10-17-18-14(20(10)16)23-9-13(21)19(2)7-8-22-12-5-3-11(15)4-6-12/h3-6H,7-9,16H2,1-2H3. The van der Waals surface area contributed by atoms with Crippen molar-refractivity contribution in [3.63, 3.8) is 0 Å². The Kier molecular flexibility index (Phi) is 6.28. The molecular weight excluding hydrogens is 382 g/mol. The summed E-state index contributed by atoms with van der Waals surface area (Å²) in [7, 11) is 1.74. The summed E-state index contributed by atoms with van der Waals surface area (Å²) in [6.45, 7) is 2.69. The highest BCUT2D eigenvalue weighted by molar-refractivity contribution is 9.10. The molecule has 0 unspecified atom stereocenters. The van der Waals surface area contributed by atoms with Crippen LogP contribution in [-0.2, 0) is 4.79 Å². The van der Waals surface area contributed by atoms with E-state index in [1.165, 1.54) is 16.4 Å². The molecule has 1 aromatic heterocycles. The minimum atomic E-state index is -0.0185. The number of amides is 1. The monoisotopic (exact) mass is 399 g/mol. The Morgan fingerprint density at radius 3 is 2.70 bits per heavy atom. The van der Waals surface area contributed by atoms with Crippen LogP contribution in [0.1, 0.15) is 5.82 Å². The van der Waals surface area contributed by atoms with Crippen LogP contribution in [0.15, 0.2) is 33.9 Å². The van der Waals surface area contributed by atoms with Crippen molar-refractivity contribution in [3.8, 4) is 5.75 Å². The van der Waals surface area contributed by atoms with Gasteiger partial charge in [-0.15, -0.1) is 10.2 Å². The van der Waals surface area contributed by atoms with E-state index < -0.39 is 0 Å². The molecule has 9 heteroatoms. The third-order valence-electron chi connectivity index (χ3n) is 3.09. The van der Waals surface area contributed by atoms with E-state index in [2.05, 4.69) is 26.1 Å². The molecule has 1 heterocycles. The van der Waals surface area contributed by atoms with Gasteiger partial charge in [-0.1, -0.05) is 27.7 Å². The topological polar surface area (TPSA) is 86.3 Å². The Balaban J connectivity index is 1.72. The number of hydrogen-bond donors (Lipinski definition) is 1. The molecule has 124 valence electrons. The molecule has 2 N–H and O–H groups in total. The van der Waals surface area contributed by atoms with Gasteiger partial charge in [0.1, 0.15) is 18.2 Å². The number of aryl methyl sites for hydroxylation is 1. The highest BCUT2D eigenvalue weighted by Gasteiger charge is 2.13. The number of nitrogen functional groups attached to an aromatic ring is 1. The fourth-order valence-electron chi connectivity index (χ4n) is 1.64. The first kappa shape index (κ1) is 17.6. The molecule has 0 atom stereocenters. The molecule has 23 heavy (non-hydrogen) atoms. The highest BCUT2D eigenvalue weighted by Crippen LogP contribution is 2.16. The molecular formula is C14H18BrN5O2S. The number of likely N-dealkylation sites (N-methyl/N-ethyl adjacent to an activating group) is 1. The average molecular weight is 400 g/mol. The molecule has 0 saturated carbocycles. The van der Waals surface area contributed by atoms with E-state index in [4.69, 9.17) is 10.6 Å². The van der Waals surface area contributed by atoms with Crippen molar-refractivity contribution in [3.05, 3.63) is 34.6 Å². The molecule has 0 aliphatic heterocycles. The van der Waals surface area contributed by atoms with Gasteiger partial charge in [0.05, 0.1) is 12.3 Å². The minimum absolute atomic E-state index is 0.0185. The summed E-state index contributed by atoms with van der Waals surface area (Å²) in [5.74, 6) is 7.36. The molecule has 0 bridgehead atoms. The summed E-state index contributed by atoms with van der Waals surface area (Å²) in [6, 6.07) is 7.56. The number of aromatic nitrogens is 3. The first-order valence-corrected chi connectivity index (χ1v) is 8.67. The number of rotatable bonds is 7. The van der Waals surface area contributed by atoms with E-state index in [0.717, 1.165) is 10.2 Å². The van der Waals surface area contributed by atoms with Crippen molar-refractivity contribution in [1.29, 1.82) is 0 Å². The average Bonchev–Trinajstić information content (AvgIpc) is 2.86. The smallest absolute Gasteiger partial charge is 0.232 e. The molecule has 0 radical (unpaired) electrons. The first-order chi connectivity index (χ1) is 11.0. The fourth-order valence-corrected chi connectivity index (χ4v) is 2.75. The Bertz CT molecular complexity index is 662. The van der Waals surface area contributed by atoms with Crippen LogP contribution in [0.3, 0.4) is 0 Å². The maximum atomic E-state index is 12.1. The Labute approximate surface area is 147 Å². The Morgan fingerprint density at radius 2 is 2.09 bits per heavy atom. The first-order valence-electron chi connectivity index (χ1n) is 6.89. The second-order valence-corrected chi connectivity index (χ2v) is 6.66. The number of ether oxygens (including phenoxy) is 1. The second kappa shape index (κ2) is 8.21. The molecule has 7 nitrogen and oxygen atoms in total. The summed E-state index contributed by atoms with van der Waals surface area (Å²) in [6.07, 6.45) is 0. The number of benzene rings is 1. The van der Waals surface area contributed by atoms with Crippen LogP contribution in [0.25, 0.3) is 0 Å². The van der Waals surface area contributed by atoms with Gasteiger partial charge < -0.3 is 15.5 Å². The lowest BCUT2D eigenvalue weighted by Crippen LogP contribution is -2.32. The zero-order chi connectivity index (χ0) is 16.8. The number of halogens is 1. The van der Waals surface area contributed by atoms with E-state index in [-0.39, 0.29) is 11.7 Å². The van der Waals surface area contributed by atoms with Crippen LogP contribution in [0.4, 0.5) is 0 Å². The van der Waals surface area contributed by atoms with Crippen LogP contribution in [0.2, 0.25) is 0 Å². The molecule has 0 saturated heterocycles. The second-order valence-electron chi connectivity index (χ2n) is 4.81. The predicted octanol–water partition coefficient (Wildman–Crippen LogP) is 1.69. The van der Waals surface area contributed by atoms with Gasteiger partial charge in [-0.2, -0.15) is 0 Å². The van der Waals surface area contributed by atoms with Crippen LogP contribution in [0, 0.1) is 6.92 Å². The summed E-state index contributed by atoms with van der Waals surface area (Å²) < 4.78 is 7.97. The number of hydrogen-bond acceptors (Lipinski definition) is 6. The molecule has 0 spiro atoms. The van der Waals surface area contributed by atoms with E-state index in [9.17, 15) is 4.79 Å². The number of nitrogens with two attached hydrogens (primary N) is 1. The van der Waals surface area contributed by atoms with Gasteiger partial charge in [-0.25, -0.2) is 4.68 Å². The van der Waals surface area contributed by atoms with Crippen molar-refractivity contribution in [2.45, 2.75) is 12.1 Å². The molecule has 2 aromatic rings. The van der Waals surface area contributed by atoms with Gasteiger partial charge in [-0.05, 0) is 31.2 Å². The lowest BCUT2D eigenvalue weighted by Gasteiger charge is -2.17. The van der Waals surface area contributed by atoms with Gasteiger partial charge in [0.15, 0.2) is 0 Å². The maximum Gasteiger partial charge on any atom is 0.232 e. The van der Waals surface area contributed by atoms with Gasteiger partial charge in [0.25, 0.3) is 0 Å². The maximum absolute atomic E-state index is 12.1. The predicted molar refractivity (Wildman–Crippen MR) is 92.9 cm³/mol. The van der Waals surface area contributed by atoms with Crippen molar-refractivity contribution in [2.24, 2.45) is 0 Å². The van der Waals surface area contributed by atoms with E-state index in [1.54, 1.807) is 18.9 Å². The van der Waals surface area contributed by atoms with Gasteiger partial charge in [0.2, 0.25) is 11.1 Å². The molecule has 1 amide bonds. The summed E-state index contributed by atoms with van der Waals surface area (Å²) in [4.78, 5) is 13.7. The van der Waals surface area contributed by atoms with Crippen LogP contribution >= 0.6 is 27.7 Å². The third-order valence-corrected chi connectivity index (χ3v) is 4.55. The zero-order valence-electron chi connectivity index (χ0n) is 12.9. The van der Waals surface area contributed by atoms with Crippen molar-refractivity contribution in [2.75, 3.05) is 31.8 Å². The largest absolute Gasteiger partial charge is 0.492 e. The van der Waals surface area contributed by atoms with Crippen molar-refractivity contribution in [1.82, 2.24) is 19.8 Å². The molecule has 0 aliphatic rings. The van der Waals surface area contributed by atoms with Gasteiger partial charge in [0, 0.05) is 11.5 Å². The quantitative estimate of drug-likeness (QED) is 0.563. The molecule has 0 aliphatic carbocycles. The number of thioether (sulfide) groups is 1. The number of carbonyl (C=O) groups excluding carboxylic acids is 1. The Hall–Kier alpha value is -1.74. The fraction of sp³-hybridized carbons (Fsp3) is 0.357. The normalized spacial score (nSPS) is 10.6. The van der Waals surface area contributed by atoms with Gasteiger partial charge in [-0.3, -0.25) is 4.79 Å². The molecule has 2 rings (SSSR count). The van der Waals surface area contributed by atoms with E-state index in [1.807, 2.05) is 24.3 Å². The SMILES string of the molecule is Cc1nnc(SCC(=O)N(C)CCOc2ccc(Br)cc2)n1N. The Morgan fingerprint density at radius 1 is 1.39 bits per heavy atom. The lowest BCUT2D eigenvalue weighted by molar-refractivity contribution is -0.127. The third kappa shape index (κ3) is 5.14. The van der Waals surface area contributed by atoms with Crippen LogP contribution < -0.4 is 10.6 Å². The van der Waals surface area contributed by atoms with Crippen LogP contribution in [0.5, 0.6) is 5.75 Å². The summed E-state index contributed by atoms with van der Waals surface area (Å²) in [5, 5.41) is 8.28. The summed E-state index contributed by atoms with van der Waals surface area (Å²) in [5.41, 5.74) is 0. The van der Waals surface area contributed by atoms with Crippen molar-refractivity contribution >= 4 is 33.6 Å². The van der Waals surface area contributed by atoms with Crippen LogP contribution in [-0.4, -0.2) is 51.6 Å². The molecule has 0 fully saturated rings. The van der Waals surface area contributed by atoms with Crippen molar-refractivity contribution < 1.29 is 9.53 Å². The minimum Gasteiger partial charge on any atom is -0.492 e.